The number of rotatable bonds is 13. The molecule has 0 radical (unpaired) electrons. The number of benzene rings is 1. The highest BCUT2D eigenvalue weighted by atomic mass is 16.6. The molecule has 4 N–H and O–H groups in total. The van der Waals surface area contributed by atoms with Gasteiger partial charge in [-0.2, -0.15) is 0 Å². The summed E-state index contributed by atoms with van der Waals surface area (Å²) in [4.78, 5) is 29.1. The molecule has 1 aromatic rings. The first-order valence-electron chi connectivity index (χ1n) is 16.3. The number of hydrogen-bond donors (Lipinski definition) is 4. The van der Waals surface area contributed by atoms with E-state index in [1.165, 1.54) is 13.0 Å². The molecule has 2 saturated heterocycles. The van der Waals surface area contributed by atoms with Gasteiger partial charge in [-0.15, -0.1) is 0 Å². The number of carboxylic acid groups (broad SMARTS) is 1. The summed E-state index contributed by atoms with van der Waals surface area (Å²) in [6, 6.07) is 1.41. The molecule has 0 amide bonds. The molecule has 0 spiro atoms. The van der Waals surface area contributed by atoms with E-state index in [1.807, 2.05) is 20.8 Å². The quantitative estimate of drug-likeness (QED) is 0.185. The summed E-state index contributed by atoms with van der Waals surface area (Å²) in [5.41, 5.74) is -1.21. The number of ether oxygens (including phenoxy) is 2. The van der Waals surface area contributed by atoms with Gasteiger partial charge in [0, 0.05) is 17.9 Å². The zero-order valence-electron chi connectivity index (χ0n) is 27.7. The molecule has 0 bridgehead atoms. The fourth-order valence-electron chi connectivity index (χ4n) is 7.65. The highest BCUT2D eigenvalue weighted by Crippen LogP contribution is 2.48. The zero-order valence-corrected chi connectivity index (χ0v) is 27.7. The average molecular weight is 618 g/mol. The average Bonchev–Trinajstić information content (AvgIpc) is 3.34. The minimum absolute atomic E-state index is 0.0528. The second kappa shape index (κ2) is 14.2. The number of ketones is 1. The standard InChI is InChI=1S/C34H52N2O8/c1-9-23(31-20(6)17-34(11-3,44-31)26-14-15-33(42,10-2)22(8)43-26)30(39)21(7)28(37)18(4)12-13-24-25(36-35)16-19(5)29(38)27(24)32(40)41/h16,18,20-23,26,28,31,37,42H,9-15,17H2,1-8H3,(H-,38,40,41)/p+1/t18-,20+,21+,22+,23+,26-,28+,31+,33-,34+/m1/s1. The predicted octanol–water partition coefficient (Wildman–Crippen LogP) is 6.33. The van der Waals surface area contributed by atoms with Crippen molar-refractivity contribution < 1.29 is 39.5 Å². The van der Waals surface area contributed by atoms with Crippen molar-refractivity contribution in [2.45, 2.75) is 142 Å². The van der Waals surface area contributed by atoms with E-state index < -0.39 is 41.0 Å². The van der Waals surface area contributed by atoms with E-state index in [2.05, 4.69) is 18.8 Å². The van der Waals surface area contributed by atoms with Crippen molar-refractivity contribution in [1.82, 2.24) is 0 Å². The monoisotopic (exact) mass is 617 g/mol. The van der Waals surface area contributed by atoms with Gasteiger partial charge in [-0.3, -0.25) is 4.79 Å². The van der Waals surface area contributed by atoms with Gasteiger partial charge in [-0.05, 0) is 82.6 Å². The molecule has 1 aromatic carbocycles. The predicted molar refractivity (Wildman–Crippen MR) is 166 cm³/mol. The van der Waals surface area contributed by atoms with Gasteiger partial charge in [0.25, 0.3) is 0 Å². The van der Waals surface area contributed by atoms with Crippen molar-refractivity contribution in [2.24, 2.45) is 23.7 Å². The molecule has 246 valence electrons. The Balaban J connectivity index is 1.73. The van der Waals surface area contributed by atoms with Crippen LogP contribution < -0.4 is 0 Å². The number of aryl methyl sites for hydroxylation is 1. The number of aliphatic hydroxyl groups excluding tert-OH is 1. The molecule has 10 heteroatoms. The van der Waals surface area contributed by atoms with Gasteiger partial charge < -0.3 is 29.9 Å². The van der Waals surface area contributed by atoms with E-state index >= 15 is 0 Å². The third-order valence-electron chi connectivity index (χ3n) is 10.9. The third-order valence-corrected chi connectivity index (χ3v) is 10.9. The molecule has 0 aliphatic carbocycles. The summed E-state index contributed by atoms with van der Waals surface area (Å²) >= 11 is 0. The van der Waals surface area contributed by atoms with Gasteiger partial charge in [0.15, 0.2) is 4.98 Å². The minimum Gasteiger partial charge on any atom is -0.507 e. The molecule has 2 heterocycles. The smallest absolute Gasteiger partial charge is 0.389 e. The normalized spacial score (nSPS) is 31.6. The SMILES string of the molecule is CC[C@@H](C(=O)[C@@H](C)[C@@H](O)[C@H](C)CCc1c([N+]#N)cc(C)c(O)c1C(=O)O)[C@H]1O[C@](CC)([C@H]2CC[C@](O)(CC)[C@H](C)O2)C[C@@H]1C. The van der Waals surface area contributed by atoms with E-state index in [0.717, 1.165) is 12.8 Å². The molecule has 3 rings (SSSR count). The number of phenols is 1. The van der Waals surface area contributed by atoms with Gasteiger partial charge in [0.2, 0.25) is 5.39 Å². The van der Waals surface area contributed by atoms with Crippen LogP contribution in [0.3, 0.4) is 0 Å². The van der Waals surface area contributed by atoms with Crippen molar-refractivity contribution in [3.63, 3.8) is 0 Å². The Kier molecular flexibility index (Phi) is 11.6. The number of carbonyl (C=O) groups is 2. The van der Waals surface area contributed by atoms with Gasteiger partial charge in [-0.25, -0.2) is 4.79 Å². The van der Waals surface area contributed by atoms with Crippen LogP contribution in [0.25, 0.3) is 4.98 Å². The van der Waals surface area contributed by atoms with E-state index in [1.54, 1.807) is 13.8 Å². The fraction of sp³-hybridized carbons (Fsp3) is 0.765. The molecule has 0 aromatic heterocycles. The minimum atomic E-state index is -1.34. The summed E-state index contributed by atoms with van der Waals surface area (Å²) in [6.07, 6.45) is 2.59. The summed E-state index contributed by atoms with van der Waals surface area (Å²) in [6.45, 7) is 15.1. The van der Waals surface area contributed by atoms with Crippen molar-refractivity contribution >= 4 is 17.4 Å². The second-order valence-corrected chi connectivity index (χ2v) is 13.5. The number of carboxylic acids is 1. The summed E-state index contributed by atoms with van der Waals surface area (Å²) in [7, 11) is 0. The Morgan fingerprint density at radius 1 is 1.18 bits per heavy atom. The molecule has 44 heavy (non-hydrogen) atoms. The molecule has 10 atom stereocenters. The Morgan fingerprint density at radius 2 is 1.84 bits per heavy atom. The van der Waals surface area contributed by atoms with Crippen LogP contribution in [0.1, 0.15) is 115 Å². The van der Waals surface area contributed by atoms with Gasteiger partial charge in [0.05, 0.1) is 41.2 Å². The number of hydrogen-bond acceptors (Lipinski definition) is 8. The van der Waals surface area contributed by atoms with Gasteiger partial charge in [-0.1, -0.05) is 41.5 Å². The van der Waals surface area contributed by atoms with Crippen LogP contribution in [-0.4, -0.2) is 67.8 Å². The molecule has 0 saturated carbocycles. The van der Waals surface area contributed by atoms with Crippen LogP contribution in [0.15, 0.2) is 6.07 Å². The van der Waals surface area contributed by atoms with E-state index in [4.69, 9.17) is 9.47 Å². The van der Waals surface area contributed by atoms with Gasteiger partial charge in [0.1, 0.15) is 17.1 Å². The first-order chi connectivity index (χ1) is 20.6. The maximum atomic E-state index is 13.9. The van der Waals surface area contributed by atoms with E-state index in [0.29, 0.717) is 32.1 Å². The van der Waals surface area contributed by atoms with E-state index in [9.17, 15) is 35.4 Å². The van der Waals surface area contributed by atoms with Crippen LogP contribution >= 0.6 is 0 Å². The van der Waals surface area contributed by atoms with Crippen LogP contribution in [-0.2, 0) is 20.7 Å². The Labute approximate surface area is 261 Å². The van der Waals surface area contributed by atoms with Crippen molar-refractivity contribution in [3.05, 3.63) is 27.7 Å². The number of aliphatic hydroxyl groups is 2. The molecule has 10 nitrogen and oxygen atoms in total. The number of aromatic carboxylic acids is 1. The fourth-order valence-corrected chi connectivity index (χ4v) is 7.65. The summed E-state index contributed by atoms with van der Waals surface area (Å²) in [5.74, 6) is -3.20. The topological polar surface area (TPSA) is 162 Å². The van der Waals surface area contributed by atoms with Crippen LogP contribution in [0, 0.1) is 36.0 Å². The molecular formula is C34H53N2O8+. The molecule has 2 fully saturated rings. The summed E-state index contributed by atoms with van der Waals surface area (Å²) < 4.78 is 13.2. The summed E-state index contributed by atoms with van der Waals surface area (Å²) in [5, 5.41) is 51.8. The number of diazo groups is 1. The lowest BCUT2D eigenvalue weighted by molar-refractivity contribution is -0.229. The highest BCUT2D eigenvalue weighted by Gasteiger charge is 2.55. The van der Waals surface area contributed by atoms with Crippen molar-refractivity contribution in [1.29, 1.82) is 5.39 Å². The zero-order chi connectivity index (χ0) is 33.1. The highest BCUT2D eigenvalue weighted by molar-refractivity contribution is 5.95. The van der Waals surface area contributed by atoms with Gasteiger partial charge >= 0.3 is 11.7 Å². The number of aromatic hydroxyl groups is 1. The van der Waals surface area contributed by atoms with Crippen molar-refractivity contribution in [3.8, 4) is 5.75 Å². The van der Waals surface area contributed by atoms with Crippen LogP contribution in [0.2, 0.25) is 0 Å². The molecule has 0 unspecified atom stereocenters. The maximum Gasteiger partial charge on any atom is 0.389 e. The Bertz CT molecular complexity index is 1250. The lowest BCUT2D eigenvalue weighted by atomic mass is 9.76. The molecule has 2 aliphatic rings. The molecular weight excluding hydrogens is 564 g/mol. The van der Waals surface area contributed by atoms with Crippen LogP contribution in [0.5, 0.6) is 5.75 Å². The second-order valence-electron chi connectivity index (χ2n) is 13.5. The largest absolute Gasteiger partial charge is 0.507 e. The van der Waals surface area contributed by atoms with Crippen LogP contribution in [0.4, 0.5) is 5.69 Å². The lowest BCUT2D eigenvalue weighted by Crippen LogP contribution is -2.55. The van der Waals surface area contributed by atoms with Crippen molar-refractivity contribution in [2.75, 3.05) is 0 Å². The first kappa shape index (κ1) is 35.9. The maximum absolute atomic E-state index is 13.9. The number of nitrogens with zero attached hydrogens (tertiary/aromatic N) is 2. The third kappa shape index (κ3) is 6.81. The molecule has 2 aliphatic heterocycles. The first-order valence-corrected chi connectivity index (χ1v) is 16.3. The lowest BCUT2D eigenvalue weighted by Gasteiger charge is -2.47. The Hall–Kier alpha value is -2.58. The Morgan fingerprint density at radius 3 is 2.36 bits per heavy atom. The number of carbonyl (C=O) groups excluding carboxylic acids is 1. The number of Topliss-reactive ketones (excluding diaryl/α,β-unsaturated/α-hetero) is 1. The van der Waals surface area contributed by atoms with E-state index in [-0.39, 0.29) is 64.6 Å².